The Morgan fingerprint density at radius 1 is 1.80 bits per heavy atom. The molecule has 2 heteroatoms. The Morgan fingerprint density at radius 3 is 2.40 bits per heavy atom. The summed E-state index contributed by atoms with van der Waals surface area (Å²) in [6, 6.07) is 0. The lowest BCUT2D eigenvalue weighted by Crippen LogP contribution is -1.75. The molecular formula is C3H6N2. The summed E-state index contributed by atoms with van der Waals surface area (Å²) in [6.45, 7) is 3.32. The van der Waals surface area contributed by atoms with Crippen molar-refractivity contribution in [1.82, 2.24) is 0 Å². The summed E-state index contributed by atoms with van der Waals surface area (Å²) in [4.78, 5) is 0. The number of nitrogens with zero attached hydrogens (tertiary/aromatic N) is 1. The first-order valence-electron chi connectivity index (χ1n) is 1.26. The Labute approximate surface area is 31.0 Å². The van der Waals surface area contributed by atoms with Gasteiger partial charge in [-0.3, -0.25) is 0 Å². The molecule has 0 rings (SSSR count). The highest BCUT2D eigenvalue weighted by molar-refractivity contribution is 5.69. The van der Waals surface area contributed by atoms with Gasteiger partial charge in [0.25, 0.3) is 0 Å². The Balaban J connectivity index is 2.92. The molecule has 0 aliphatic carbocycles. The van der Waals surface area contributed by atoms with Crippen molar-refractivity contribution in [2.75, 3.05) is 0 Å². The van der Waals surface area contributed by atoms with Gasteiger partial charge in [-0.1, -0.05) is 6.58 Å². The maximum Gasteiger partial charge on any atom is 0.0459 e. The van der Waals surface area contributed by atoms with E-state index in [0.29, 0.717) is 0 Å². The molecule has 0 aromatic rings. The molecule has 2 nitrogen and oxygen atoms in total. The Kier molecular flexibility index (Phi) is 2.70. The van der Waals surface area contributed by atoms with Gasteiger partial charge in [-0.2, -0.15) is 5.10 Å². The van der Waals surface area contributed by atoms with Gasteiger partial charge in [0.1, 0.15) is 0 Å². The van der Waals surface area contributed by atoms with Gasteiger partial charge >= 0.3 is 0 Å². The molecule has 0 aromatic heterocycles. The summed E-state index contributed by atoms with van der Waals surface area (Å²) in [6.07, 6.45) is 2.93. The fourth-order valence-corrected chi connectivity index (χ4v) is 0.0609. The Hall–Kier alpha value is -0.790. The first-order chi connectivity index (χ1) is 2.41. The van der Waals surface area contributed by atoms with Crippen LogP contribution in [0.2, 0.25) is 0 Å². The largest absolute Gasteiger partial charge is 0.323 e. The van der Waals surface area contributed by atoms with E-state index in [1.807, 2.05) is 0 Å². The summed E-state index contributed by atoms with van der Waals surface area (Å²) in [5.74, 6) is 4.64. The number of hydrogen-bond donors (Lipinski definition) is 1. The molecule has 0 saturated carbocycles. The number of hydrogen-bond acceptors (Lipinski definition) is 2. The van der Waals surface area contributed by atoms with Crippen LogP contribution in [0, 0.1) is 0 Å². The minimum atomic E-state index is 1.42. The van der Waals surface area contributed by atoms with Crippen molar-refractivity contribution in [2.45, 2.75) is 0 Å². The molecule has 0 saturated heterocycles. The fourth-order valence-electron chi connectivity index (χ4n) is 0.0609. The van der Waals surface area contributed by atoms with Crippen LogP contribution in [0.4, 0.5) is 0 Å². The van der Waals surface area contributed by atoms with E-state index >= 15 is 0 Å². The monoisotopic (exact) mass is 70.1 g/mol. The summed E-state index contributed by atoms with van der Waals surface area (Å²) in [5.41, 5.74) is 0. The van der Waals surface area contributed by atoms with Crippen molar-refractivity contribution >= 4 is 6.21 Å². The van der Waals surface area contributed by atoms with E-state index in [-0.39, 0.29) is 0 Å². The molecule has 28 valence electrons. The first kappa shape index (κ1) is 4.21. The van der Waals surface area contributed by atoms with E-state index in [9.17, 15) is 0 Å². The Bertz CT molecular complexity index is 46.9. The van der Waals surface area contributed by atoms with E-state index in [4.69, 9.17) is 0 Å². The molecule has 5 heavy (non-hydrogen) atoms. The number of allylic oxidation sites excluding steroid dienone is 1. The lowest BCUT2D eigenvalue weighted by atomic mass is 10.7. The molecule has 0 aliphatic rings. The number of hydrazone groups is 1. The zero-order chi connectivity index (χ0) is 4.12. The van der Waals surface area contributed by atoms with Crippen LogP contribution in [0.15, 0.2) is 17.8 Å². The second-order valence-corrected chi connectivity index (χ2v) is 0.534. The lowest BCUT2D eigenvalue weighted by Gasteiger charge is -1.59. The van der Waals surface area contributed by atoms with Gasteiger partial charge in [0.15, 0.2) is 0 Å². The lowest BCUT2D eigenvalue weighted by molar-refractivity contribution is 1.27. The van der Waals surface area contributed by atoms with Crippen molar-refractivity contribution in [3.63, 3.8) is 0 Å². The molecule has 0 bridgehead atoms. The van der Waals surface area contributed by atoms with Crippen molar-refractivity contribution in [3.8, 4) is 0 Å². The summed E-state index contributed by atoms with van der Waals surface area (Å²) < 4.78 is 0. The Morgan fingerprint density at radius 2 is 2.40 bits per heavy atom. The minimum Gasteiger partial charge on any atom is -0.323 e. The highest BCUT2D eigenvalue weighted by Gasteiger charge is 1.42. The number of nitrogens with two attached hydrogens (primary N) is 1. The molecule has 0 heterocycles. The third-order valence-corrected chi connectivity index (χ3v) is 0.191. The summed E-state index contributed by atoms with van der Waals surface area (Å²) in [5, 5.41) is 3.11. The van der Waals surface area contributed by atoms with Crippen LogP contribution in [-0.4, -0.2) is 6.21 Å². The van der Waals surface area contributed by atoms with Gasteiger partial charge in [0, 0.05) is 6.21 Å². The molecule has 0 spiro atoms. The topological polar surface area (TPSA) is 38.4 Å². The molecule has 0 fully saturated rings. The minimum absolute atomic E-state index is 1.42. The van der Waals surface area contributed by atoms with E-state index in [1.54, 1.807) is 0 Å². The smallest absolute Gasteiger partial charge is 0.0459 e. The van der Waals surface area contributed by atoms with Crippen LogP contribution in [0.5, 0.6) is 0 Å². The van der Waals surface area contributed by atoms with Crippen molar-refractivity contribution in [2.24, 2.45) is 10.9 Å². The van der Waals surface area contributed by atoms with Gasteiger partial charge in [-0.25, -0.2) is 0 Å². The zero-order valence-corrected chi connectivity index (χ0v) is 2.89. The molecule has 0 aliphatic heterocycles. The van der Waals surface area contributed by atoms with Gasteiger partial charge in [-0.05, 0) is 6.08 Å². The van der Waals surface area contributed by atoms with Crippen LogP contribution in [0.1, 0.15) is 0 Å². The predicted molar refractivity (Wildman–Crippen MR) is 22.9 cm³/mol. The standard InChI is InChI=1S/C3H6N2/c1-2-3-5-4/h2-3H,1,4H2/b5-3+. The third kappa shape index (κ3) is 3.21. The van der Waals surface area contributed by atoms with E-state index in [0.717, 1.165) is 0 Å². The highest BCUT2D eigenvalue weighted by Crippen LogP contribution is 1.44. The predicted octanol–water partition coefficient (Wildman–Crippen LogP) is 0.117. The molecular weight excluding hydrogens is 64.0 g/mol. The van der Waals surface area contributed by atoms with Crippen LogP contribution in [-0.2, 0) is 0 Å². The maximum atomic E-state index is 4.64. The van der Waals surface area contributed by atoms with E-state index in [1.165, 1.54) is 12.3 Å². The van der Waals surface area contributed by atoms with Crippen molar-refractivity contribution in [3.05, 3.63) is 12.7 Å². The van der Waals surface area contributed by atoms with Gasteiger partial charge in [-0.15, -0.1) is 0 Å². The summed E-state index contributed by atoms with van der Waals surface area (Å²) in [7, 11) is 0. The van der Waals surface area contributed by atoms with Crippen LogP contribution in [0.25, 0.3) is 0 Å². The molecule has 0 unspecified atom stereocenters. The van der Waals surface area contributed by atoms with Gasteiger partial charge < -0.3 is 5.84 Å². The summed E-state index contributed by atoms with van der Waals surface area (Å²) >= 11 is 0. The highest BCUT2D eigenvalue weighted by atomic mass is 15.1. The van der Waals surface area contributed by atoms with E-state index in [2.05, 4.69) is 17.5 Å². The van der Waals surface area contributed by atoms with E-state index < -0.39 is 0 Å². The SMILES string of the molecule is C=C/C=N/N. The quantitative estimate of drug-likeness (QED) is 0.265. The second kappa shape index (κ2) is 3.21. The zero-order valence-electron chi connectivity index (χ0n) is 2.89. The normalized spacial score (nSPS) is 8.80. The average molecular weight is 70.1 g/mol. The molecule has 0 radical (unpaired) electrons. The van der Waals surface area contributed by atoms with Gasteiger partial charge in [0.2, 0.25) is 0 Å². The molecule has 0 amide bonds. The number of rotatable bonds is 1. The van der Waals surface area contributed by atoms with Crippen molar-refractivity contribution < 1.29 is 0 Å². The first-order valence-corrected chi connectivity index (χ1v) is 1.26. The van der Waals surface area contributed by atoms with Crippen LogP contribution < -0.4 is 5.84 Å². The van der Waals surface area contributed by atoms with Crippen LogP contribution in [0.3, 0.4) is 0 Å². The molecule has 2 N–H and O–H groups in total. The average Bonchev–Trinajstić information content (AvgIpc) is 1.41. The fraction of sp³-hybridized carbons (Fsp3) is 0. The third-order valence-electron chi connectivity index (χ3n) is 0.191. The maximum absolute atomic E-state index is 4.64. The second-order valence-electron chi connectivity index (χ2n) is 0.534. The molecule has 0 aromatic carbocycles. The van der Waals surface area contributed by atoms with Crippen molar-refractivity contribution in [1.29, 1.82) is 0 Å². The molecule has 0 atom stereocenters. The van der Waals surface area contributed by atoms with Crippen LogP contribution >= 0.6 is 0 Å². The van der Waals surface area contributed by atoms with Gasteiger partial charge in [0.05, 0.1) is 0 Å².